The summed E-state index contributed by atoms with van der Waals surface area (Å²) in [5.74, 6) is 0.565. The van der Waals surface area contributed by atoms with Crippen LogP contribution < -0.4 is 14.2 Å². The van der Waals surface area contributed by atoms with Crippen LogP contribution in [0.2, 0.25) is 0 Å². The molecule has 0 spiro atoms. The van der Waals surface area contributed by atoms with Crippen molar-refractivity contribution in [3.05, 3.63) is 48.5 Å². The number of methoxy groups -OCH3 is 1. The lowest BCUT2D eigenvalue weighted by molar-refractivity contribution is 0.322. The van der Waals surface area contributed by atoms with E-state index in [-0.39, 0.29) is 35.1 Å². The Labute approximate surface area is 182 Å². The highest BCUT2D eigenvalue weighted by Crippen LogP contribution is 2.26. The van der Waals surface area contributed by atoms with E-state index >= 15 is 0 Å². The Morgan fingerprint density at radius 3 is 2.26 bits per heavy atom. The van der Waals surface area contributed by atoms with Gasteiger partial charge in [0.1, 0.15) is 18.1 Å². The summed E-state index contributed by atoms with van der Waals surface area (Å²) in [5.41, 5.74) is 0. The molecule has 2 aromatic carbocycles. The molecule has 1 heterocycles. The molecular weight excluding hydrogens is 466 g/mol. The van der Waals surface area contributed by atoms with Gasteiger partial charge in [-0.1, -0.05) is 6.07 Å². The van der Waals surface area contributed by atoms with Gasteiger partial charge >= 0.3 is 0 Å². The summed E-state index contributed by atoms with van der Waals surface area (Å²) >= 11 is 0. The highest BCUT2D eigenvalue weighted by Gasteiger charge is 2.38. The van der Waals surface area contributed by atoms with Gasteiger partial charge in [0.2, 0.25) is 10.0 Å². The molecule has 1 fully saturated rings. The molecule has 1 aliphatic heterocycles. The Kier molecular flexibility index (Phi) is 6.94. The van der Waals surface area contributed by atoms with Crippen molar-refractivity contribution in [2.75, 3.05) is 31.8 Å². The molecule has 0 aromatic heterocycles. The SMILES string of the molecule is COc1ccc(OCCNS(=O)(=O)c2cccc(S(=O)(=O)C3CCS(=O)(=O)C3)c2)cc1. The van der Waals surface area contributed by atoms with E-state index in [0.29, 0.717) is 11.5 Å². The maximum absolute atomic E-state index is 12.8. The van der Waals surface area contributed by atoms with Gasteiger partial charge in [-0.25, -0.2) is 30.0 Å². The van der Waals surface area contributed by atoms with Crippen molar-refractivity contribution < 1.29 is 34.7 Å². The molecular formula is C19H23NO8S3. The van der Waals surface area contributed by atoms with Gasteiger partial charge in [0.25, 0.3) is 0 Å². The third-order valence-corrected chi connectivity index (χ3v) is 10.4. The second kappa shape index (κ2) is 9.15. The number of ether oxygens (including phenoxy) is 2. The normalized spacial score (nSPS) is 18.5. The van der Waals surface area contributed by atoms with Crippen LogP contribution in [0.1, 0.15) is 6.42 Å². The van der Waals surface area contributed by atoms with Gasteiger partial charge in [-0.15, -0.1) is 0 Å². The van der Waals surface area contributed by atoms with Gasteiger partial charge in [0, 0.05) is 6.54 Å². The summed E-state index contributed by atoms with van der Waals surface area (Å²) in [5, 5.41) is -1.07. The van der Waals surface area contributed by atoms with Gasteiger partial charge in [0.05, 0.1) is 33.7 Å². The average Bonchev–Trinajstić information content (AvgIpc) is 3.12. The van der Waals surface area contributed by atoms with E-state index in [2.05, 4.69) is 4.72 Å². The summed E-state index contributed by atoms with van der Waals surface area (Å²) < 4.78 is 86.8. The number of sulfone groups is 2. The predicted molar refractivity (Wildman–Crippen MR) is 114 cm³/mol. The van der Waals surface area contributed by atoms with Crippen molar-refractivity contribution in [2.45, 2.75) is 21.5 Å². The van der Waals surface area contributed by atoms with Crippen molar-refractivity contribution in [3.8, 4) is 11.5 Å². The van der Waals surface area contributed by atoms with E-state index in [1.54, 1.807) is 31.4 Å². The molecule has 0 bridgehead atoms. The molecule has 31 heavy (non-hydrogen) atoms. The van der Waals surface area contributed by atoms with Crippen molar-refractivity contribution in [2.24, 2.45) is 0 Å². The lowest BCUT2D eigenvalue weighted by Crippen LogP contribution is -2.28. The van der Waals surface area contributed by atoms with Crippen molar-refractivity contribution in [1.29, 1.82) is 0 Å². The number of nitrogens with one attached hydrogen (secondary N) is 1. The molecule has 0 aliphatic carbocycles. The molecule has 2 aromatic rings. The van der Waals surface area contributed by atoms with E-state index in [1.165, 1.54) is 18.2 Å². The fourth-order valence-electron chi connectivity index (χ4n) is 3.12. The Hall–Kier alpha value is -2.15. The lowest BCUT2D eigenvalue weighted by Gasteiger charge is -2.12. The van der Waals surface area contributed by atoms with Crippen LogP contribution in [0.15, 0.2) is 58.3 Å². The Balaban J connectivity index is 1.65. The molecule has 1 atom stereocenters. The molecule has 0 radical (unpaired) electrons. The van der Waals surface area contributed by atoms with Crippen molar-refractivity contribution in [1.82, 2.24) is 4.72 Å². The van der Waals surface area contributed by atoms with Gasteiger partial charge in [-0.3, -0.25) is 0 Å². The van der Waals surface area contributed by atoms with E-state index in [0.717, 1.165) is 6.07 Å². The Bertz CT molecular complexity index is 1240. The molecule has 1 saturated heterocycles. The van der Waals surface area contributed by atoms with Crippen LogP contribution in [0.4, 0.5) is 0 Å². The smallest absolute Gasteiger partial charge is 0.240 e. The lowest BCUT2D eigenvalue weighted by atomic mass is 10.3. The molecule has 0 saturated carbocycles. The van der Waals surface area contributed by atoms with Gasteiger partial charge < -0.3 is 9.47 Å². The quantitative estimate of drug-likeness (QED) is 0.516. The number of hydrogen-bond acceptors (Lipinski definition) is 8. The fourth-order valence-corrected chi connectivity index (χ4v) is 8.65. The minimum Gasteiger partial charge on any atom is -0.497 e. The van der Waals surface area contributed by atoms with Crippen LogP contribution in [0, 0.1) is 0 Å². The third-order valence-electron chi connectivity index (χ3n) is 4.80. The van der Waals surface area contributed by atoms with E-state index < -0.39 is 40.7 Å². The van der Waals surface area contributed by atoms with Gasteiger partial charge in [0.15, 0.2) is 19.7 Å². The monoisotopic (exact) mass is 489 g/mol. The zero-order valence-electron chi connectivity index (χ0n) is 16.7. The number of benzene rings is 2. The average molecular weight is 490 g/mol. The summed E-state index contributed by atoms with van der Waals surface area (Å²) in [6, 6.07) is 11.7. The highest BCUT2D eigenvalue weighted by atomic mass is 32.2. The minimum absolute atomic E-state index is 0.00257. The Morgan fingerprint density at radius 1 is 1.00 bits per heavy atom. The zero-order chi connectivity index (χ0) is 22.7. The van der Waals surface area contributed by atoms with Crippen LogP contribution >= 0.6 is 0 Å². The number of sulfonamides is 1. The summed E-state index contributed by atoms with van der Waals surface area (Å²) in [6.45, 7) is 0.0235. The third kappa shape index (κ3) is 5.76. The van der Waals surface area contributed by atoms with Crippen LogP contribution in [0.25, 0.3) is 0 Å². The fraction of sp³-hybridized carbons (Fsp3) is 0.368. The summed E-state index contributed by atoms with van der Waals surface area (Å²) in [6.07, 6.45) is 0.00257. The molecule has 0 amide bonds. The molecule has 1 N–H and O–H groups in total. The van der Waals surface area contributed by atoms with E-state index in [4.69, 9.17) is 9.47 Å². The first-order chi connectivity index (χ1) is 14.5. The van der Waals surface area contributed by atoms with E-state index in [9.17, 15) is 25.3 Å². The number of hydrogen-bond donors (Lipinski definition) is 1. The van der Waals surface area contributed by atoms with Crippen LogP contribution in [0.5, 0.6) is 11.5 Å². The predicted octanol–water partition coefficient (Wildman–Crippen LogP) is 1.01. The highest BCUT2D eigenvalue weighted by molar-refractivity contribution is 7.96. The maximum Gasteiger partial charge on any atom is 0.240 e. The first-order valence-electron chi connectivity index (χ1n) is 9.34. The Morgan fingerprint density at radius 2 is 1.65 bits per heavy atom. The molecule has 12 heteroatoms. The summed E-state index contributed by atoms with van der Waals surface area (Å²) in [7, 11) is -9.81. The molecule has 1 aliphatic rings. The molecule has 1 unspecified atom stereocenters. The van der Waals surface area contributed by atoms with Crippen LogP contribution in [0.3, 0.4) is 0 Å². The van der Waals surface area contributed by atoms with Crippen LogP contribution in [-0.2, 0) is 29.7 Å². The standard InChI is InChI=1S/C19H23NO8S3/c1-27-15-5-7-16(8-6-15)28-11-10-20-31(25,26)18-4-2-3-17(13-18)30(23,24)19-9-12-29(21,22)14-19/h2-8,13,19-20H,9-12,14H2,1H3. The van der Waals surface area contributed by atoms with Gasteiger partial charge in [-0.05, 0) is 48.9 Å². The zero-order valence-corrected chi connectivity index (χ0v) is 19.2. The largest absolute Gasteiger partial charge is 0.497 e. The molecule has 170 valence electrons. The topological polar surface area (TPSA) is 133 Å². The van der Waals surface area contributed by atoms with Crippen LogP contribution in [-0.4, -0.2) is 62.3 Å². The number of rotatable bonds is 9. The summed E-state index contributed by atoms with van der Waals surface area (Å²) in [4.78, 5) is -0.439. The second-order valence-electron chi connectivity index (χ2n) is 6.97. The van der Waals surface area contributed by atoms with Crippen molar-refractivity contribution in [3.63, 3.8) is 0 Å². The minimum atomic E-state index is -3.99. The molecule has 3 rings (SSSR count). The maximum atomic E-state index is 12.8. The first-order valence-corrected chi connectivity index (χ1v) is 14.2. The first kappa shape index (κ1) is 23.5. The molecule has 9 nitrogen and oxygen atoms in total. The van der Waals surface area contributed by atoms with Crippen molar-refractivity contribution >= 4 is 29.7 Å². The van der Waals surface area contributed by atoms with E-state index in [1.807, 2.05) is 0 Å². The van der Waals surface area contributed by atoms with Gasteiger partial charge in [-0.2, -0.15) is 0 Å². The second-order valence-corrected chi connectivity index (χ2v) is 13.2.